The number of carbonyl (C=O) groups is 2. The molecular weight excluding hydrogens is 370 g/mol. The Morgan fingerprint density at radius 2 is 1.91 bits per heavy atom. The van der Waals surface area contributed by atoms with E-state index in [1.807, 2.05) is 4.90 Å². The number of esters is 1. The van der Waals surface area contributed by atoms with Crippen LogP contribution < -0.4 is 0 Å². The molecule has 1 N–H and O–H groups in total. The number of aliphatic hydroxyl groups is 1. The van der Waals surface area contributed by atoms with Crippen molar-refractivity contribution in [1.82, 2.24) is 4.90 Å². The molecule has 1 fully saturated rings. The van der Waals surface area contributed by atoms with E-state index in [1.54, 1.807) is 6.08 Å². The Bertz CT molecular complexity index is 605. The highest BCUT2D eigenvalue weighted by molar-refractivity contribution is 9.12. The Kier molecular flexibility index (Phi) is 4.24. The molecule has 8 heteroatoms. The van der Waals surface area contributed by atoms with Gasteiger partial charge in [0.1, 0.15) is 5.57 Å². The molecule has 0 amide bonds. The van der Waals surface area contributed by atoms with Crippen LogP contribution in [0.2, 0.25) is 0 Å². The minimum Gasteiger partial charge on any atom is -0.480 e. The minimum atomic E-state index is -1.26. The number of hydrogen-bond donors (Lipinski definition) is 1. The molecule has 23 heavy (non-hydrogen) atoms. The van der Waals surface area contributed by atoms with Crippen molar-refractivity contribution in [1.29, 1.82) is 0 Å². The molecule has 0 aromatic carbocycles. The Morgan fingerprint density at radius 3 is 2.52 bits per heavy atom. The second-order valence-electron chi connectivity index (χ2n) is 6.11. The summed E-state index contributed by atoms with van der Waals surface area (Å²) >= 11 is 3.24. The number of halogens is 1. The molecule has 0 spiro atoms. The van der Waals surface area contributed by atoms with Crippen LogP contribution in [0.15, 0.2) is 22.1 Å². The summed E-state index contributed by atoms with van der Waals surface area (Å²) in [6.45, 7) is 5.43. The van der Waals surface area contributed by atoms with Crippen molar-refractivity contribution < 1.29 is 28.9 Å². The molecule has 0 bridgehead atoms. The van der Waals surface area contributed by atoms with Gasteiger partial charge in [0.05, 0.1) is 23.6 Å². The quantitative estimate of drug-likeness (QED) is 0.713. The van der Waals surface area contributed by atoms with Crippen LogP contribution in [0.1, 0.15) is 13.8 Å². The van der Waals surface area contributed by atoms with E-state index >= 15 is 0 Å². The van der Waals surface area contributed by atoms with Crippen LogP contribution in [0.4, 0.5) is 0 Å². The third kappa shape index (κ3) is 3.02. The van der Waals surface area contributed by atoms with Crippen molar-refractivity contribution in [3.8, 4) is 0 Å². The van der Waals surface area contributed by atoms with Crippen LogP contribution >= 0.6 is 15.9 Å². The fraction of sp³-hybridized carbons (Fsp3) is 0.600. The predicted molar refractivity (Wildman–Crippen MR) is 82.6 cm³/mol. The van der Waals surface area contributed by atoms with E-state index in [0.29, 0.717) is 30.8 Å². The number of Topliss-reactive ketones (excluding diaryl/α,β-unsaturated/α-hetero) is 1. The van der Waals surface area contributed by atoms with Gasteiger partial charge in [-0.05, 0) is 22.0 Å². The summed E-state index contributed by atoms with van der Waals surface area (Å²) < 4.78 is 16.1. The lowest BCUT2D eigenvalue weighted by Gasteiger charge is -2.37. The molecule has 126 valence electrons. The highest BCUT2D eigenvalue weighted by atomic mass is 79.9. The zero-order valence-electron chi connectivity index (χ0n) is 12.9. The van der Waals surface area contributed by atoms with Gasteiger partial charge in [-0.15, -0.1) is 0 Å². The van der Waals surface area contributed by atoms with Gasteiger partial charge in [-0.3, -0.25) is 9.69 Å². The smallest absolute Gasteiger partial charge is 0.345 e. The standard InChI is InChI=1S/C15H18BrNO6/c1-15(2)22-13(19)11(14(20)23-15)10-9(7-8(16)12(10)18)17-3-5-21-6-4-17/h7,9-10,19H,3-6H2,1-2H3. The van der Waals surface area contributed by atoms with E-state index in [-0.39, 0.29) is 17.4 Å². The Morgan fingerprint density at radius 1 is 1.26 bits per heavy atom. The fourth-order valence-electron chi connectivity index (χ4n) is 3.06. The maximum absolute atomic E-state index is 12.5. The molecule has 3 rings (SSSR count). The molecule has 0 radical (unpaired) electrons. The number of cyclic esters (lactones) is 1. The van der Waals surface area contributed by atoms with Gasteiger partial charge < -0.3 is 19.3 Å². The minimum absolute atomic E-state index is 0.128. The number of ketones is 1. The third-order valence-corrected chi connectivity index (χ3v) is 4.74. The molecular formula is C15H18BrNO6. The number of rotatable bonds is 2. The first-order chi connectivity index (χ1) is 10.8. The number of hydrogen-bond acceptors (Lipinski definition) is 7. The van der Waals surface area contributed by atoms with E-state index in [4.69, 9.17) is 14.2 Å². The van der Waals surface area contributed by atoms with Gasteiger partial charge in [0, 0.05) is 33.0 Å². The second-order valence-corrected chi connectivity index (χ2v) is 6.96. The molecule has 0 saturated carbocycles. The lowest BCUT2D eigenvalue weighted by Crippen LogP contribution is -2.49. The molecule has 2 heterocycles. The van der Waals surface area contributed by atoms with Gasteiger partial charge in [-0.2, -0.15) is 0 Å². The van der Waals surface area contributed by atoms with Gasteiger partial charge >= 0.3 is 5.97 Å². The lowest BCUT2D eigenvalue weighted by molar-refractivity contribution is -0.223. The summed E-state index contributed by atoms with van der Waals surface area (Å²) in [5.74, 6) is -3.66. The largest absolute Gasteiger partial charge is 0.480 e. The Hall–Kier alpha value is -1.38. The van der Waals surface area contributed by atoms with Crippen LogP contribution in [-0.2, 0) is 23.8 Å². The number of ether oxygens (including phenoxy) is 3. The van der Waals surface area contributed by atoms with Crippen LogP contribution in [0.3, 0.4) is 0 Å². The molecule has 7 nitrogen and oxygen atoms in total. The molecule has 1 saturated heterocycles. The molecule has 2 unspecified atom stereocenters. The normalized spacial score (nSPS) is 31.7. The predicted octanol–water partition coefficient (Wildman–Crippen LogP) is 1.24. The number of morpholine rings is 1. The third-order valence-electron chi connectivity index (χ3n) is 4.09. The highest BCUT2D eigenvalue weighted by Gasteiger charge is 2.49. The van der Waals surface area contributed by atoms with Crippen molar-refractivity contribution in [3.05, 3.63) is 22.1 Å². The Labute approximate surface area is 142 Å². The second kappa shape index (κ2) is 5.92. The fourth-order valence-corrected chi connectivity index (χ4v) is 3.58. The zero-order valence-corrected chi connectivity index (χ0v) is 14.5. The van der Waals surface area contributed by atoms with Gasteiger partial charge in [0.15, 0.2) is 5.78 Å². The first kappa shape index (κ1) is 16.5. The van der Waals surface area contributed by atoms with Gasteiger partial charge in [0.25, 0.3) is 11.7 Å². The summed E-state index contributed by atoms with van der Waals surface area (Å²) in [5, 5.41) is 10.2. The van der Waals surface area contributed by atoms with Crippen LogP contribution in [0, 0.1) is 5.92 Å². The van der Waals surface area contributed by atoms with E-state index in [9.17, 15) is 14.7 Å². The van der Waals surface area contributed by atoms with Gasteiger partial charge in [0.2, 0.25) is 0 Å². The number of nitrogens with zero attached hydrogens (tertiary/aromatic N) is 1. The van der Waals surface area contributed by atoms with Crippen molar-refractivity contribution in [2.75, 3.05) is 26.3 Å². The average molecular weight is 388 g/mol. The van der Waals surface area contributed by atoms with E-state index < -0.39 is 23.6 Å². The Balaban J connectivity index is 1.95. The van der Waals surface area contributed by atoms with Crippen molar-refractivity contribution in [3.63, 3.8) is 0 Å². The van der Waals surface area contributed by atoms with Gasteiger partial charge in [-0.1, -0.05) is 0 Å². The number of carbonyl (C=O) groups excluding carboxylic acids is 2. The monoisotopic (exact) mass is 387 g/mol. The van der Waals surface area contributed by atoms with Crippen LogP contribution in [0.25, 0.3) is 0 Å². The van der Waals surface area contributed by atoms with Crippen LogP contribution in [0.5, 0.6) is 0 Å². The lowest BCUT2D eigenvalue weighted by atomic mass is 9.90. The molecule has 0 aromatic rings. The summed E-state index contributed by atoms with van der Waals surface area (Å²) in [5.41, 5.74) is -0.128. The SMILES string of the molecule is CC1(C)OC(=O)C(C2C(=O)C(Br)=CC2N2CCOCC2)=C(O)O1. The summed E-state index contributed by atoms with van der Waals surface area (Å²) in [7, 11) is 0. The number of allylic oxidation sites excluding steroid dienone is 1. The van der Waals surface area contributed by atoms with E-state index in [0.717, 1.165) is 0 Å². The number of aliphatic hydroxyl groups excluding tert-OH is 1. The molecule has 2 atom stereocenters. The average Bonchev–Trinajstić information content (AvgIpc) is 2.75. The maximum Gasteiger partial charge on any atom is 0.345 e. The van der Waals surface area contributed by atoms with Crippen molar-refractivity contribution in [2.24, 2.45) is 5.92 Å². The molecule has 0 aromatic heterocycles. The van der Waals surface area contributed by atoms with E-state index in [1.165, 1.54) is 13.8 Å². The van der Waals surface area contributed by atoms with Crippen LogP contribution in [-0.4, -0.2) is 59.9 Å². The first-order valence-electron chi connectivity index (χ1n) is 7.39. The van der Waals surface area contributed by atoms with Gasteiger partial charge in [-0.25, -0.2) is 4.79 Å². The molecule has 1 aliphatic carbocycles. The van der Waals surface area contributed by atoms with Crippen molar-refractivity contribution >= 4 is 27.7 Å². The van der Waals surface area contributed by atoms with Crippen molar-refractivity contribution in [2.45, 2.75) is 25.7 Å². The first-order valence-corrected chi connectivity index (χ1v) is 8.18. The summed E-state index contributed by atoms with van der Waals surface area (Å²) in [6, 6.07) is -0.352. The van der Waals surface area contributed by atoms with E-state index in [2.05, 4.69) is 15.9 Å². The topological polar surface area (TPSA) is 85.3 Å². The zero-order chi connectivity index (χ0) is 16.8. The summed E-state index contributed by atoms with van der Waals surface area (Å²) in [6.07, 6.45) is 1.76. The summed E-state index contributed by atoms with van der Waals surface area (Å²) in [4.78, 5) is 26.9. The maximum atomic E-state index is 12.5. The highest BCUT2D eigenvalue weighted by Crippen LogP contribution is 2.39. The molecule has 2 aliphatic heterocycles. The molecule has 3 aliphatic rings.